The van der Waals surface area contributed by atoms with E-state index in [1.54, 1.807) is 50.6 Å². The van der Waals surface area contributed by atoms with Crippen LogP contribution in [0.3, 0.4) is 0 Å². The Bertz CT molecular complexity index is 717. The monoisotopic (exact) mass is 298 g/mol. The van der Waals surface area contributed by atoms with Crippen molar-refractivity contribution < 1.29 is 19.4 Å². The summed E-state index contributed by atoms with van der Waals surface area (Å²) in [6.07, 6.45) is 3.07. The molecule has 0 bridgehead atoms. The second kappa shape index (κ2) is 6.80. The number of benzene rings is 2. The van der Waals surface area contributed by atoms with Crippen molar-refractivity contribution in [1.82, 2.24) is 0 Å². The number of allylic oxidation sites excluding steroid dienone is 1. The van der Waals surface area contributed by atoms with Gasteiger partial charge in [0.25, 0.3) is 0 Å². The van der Waals surface area contributed by atoms with Gasteiger partial charge >= 0.3 is 0 Å². The van der Waals surface area contributed by atoms with Gasteiger partial charge in [-0.05, 0) is 43.3 Å². The Morgan fingerprint density at radius 3 is 2.55 bits per heavy atom. The lowest BCUT2D eigenvalue weighted by molar-refractivity contribution is 0.104. The molecule has 0 radical (unpaired) electrons. The minimum Gasteiger partial charge on any atom is -0.507 e. The van der Waals surface area contributed by atoms with E-state index in [4.69, 9.17) is 9.47 Å². The van der Waals surface area contributed by atoms with Crippen molar-refractivity contribution in [3.63, 3.8) is 0 Å². The van der Waals surface area contributed by atoms with Crippen molar-refractivity contribution in [2.24, 2.45) is 0 Å². The Hall–Kier alpha value is -2.75. The molecule has 0 spiro atoms. The number of aryl methyl sites for hydroxylation is 1. The average molecular weight is 298 g/mol. The molecule has 0 aliphatic rings. The number of phenols is 1. The third kappa shape index (κ3) is 3.47. The van der Waals surface area contributed by atoms with E-state index in [0.717, 1.165) is 11.1 Å². The molecule has 0 heterocycles. The first-order valence-corrected chi connectivity index (χ1v) is 6.79. The zero-order valence-electron chi connectivity index (χ0n) is 12.8. The van der Waals surface area contributed by atoms with Crippen LogP contribution in [-0.2, 0) is 0 Å². The summed E-state index contributed by atoms with van der Waals surface area (Å²) >= 11 is 0. The van der Waals surface area contributed by atoms with E-state index >= 15 is 0 Å². The Morgan fingerprint density at radius 2 is 1.86 bits per heavy atom. The summed E-state index contributed by atoms with van der Waals surface area (Å²) in [6, 6.07) is 10.3. The number of ether oxygens (including phenoxy) is 2. The molecule has 4 heteroatoms. The lowest BCUT2D eigenvalue weighted by Crippen LogP contribution is -1.96. The topological polar surface area (TPSA) is 55.8 Å². The molecule has 22 heavy (non-hydrogen) atoms. The first-order valence-electron chi connectivity index (χ1n) is 6.79. The number of carbonyl (C=O) groups excluding carboxylic acids is 1. The summed E-state index contributed by atoms with van der Waals surface area (Å²) < 4.78 is 10.4. The number of aromatic hydroxyl groups is 1. The van der Waals surface area contributed by atoms with E-state index in [-0.39, 0.29) is 17.1 Å². The van der Waals surface area contributed by atoms with Crippen molar-refractivity contribution in [3.05, 3.63) is 59.2 Å². The van der Waals surface area contributed by atoms with E-state index in [2.05, 4.69) is 0 Å². The summed E-state index contributed by atoms with van der Waals surface area (Å²) in [4.78, 5) is 12.2. The van der Waals surface area contributed by atoms with Crippen molar-refractivity contribution in [1.29, 1.82) is 0 Å². The van der Waals surface area contributed by atoms with Crippen molar-refractivity contribution in [2.45, 2.75) is 6.92 Å². The van der Waals surface area contributed by atoms with Crippen LogP contribution >= 0.6 is 0 Å². The van der Waals surface area contributed by atoms with Crippen molar-refractivity contribution in [3.8, 4) is 17.2 Å². The fraction of sp³-hybridized carbons (Fsp3) is 0.167. The fourth-order valence-electron chi connectivity index (χ4n) is 2.06. The third-order valence-electron chi connectivity index (χ3n) is 3.27. The van der Waals surface area contributed by atoms with E-state index in [9.17, 15) is 9.90 Å². The highest BCUT2D eigenvalue weighted by Gasteiger charge is 2.09. The van der Waals surface area contributed by atoms with E-state index in [1.807, 2.05) is 6.92 Å². The Labute approximate surface area is 129 Å². The normalized spacial score (nSPS) is 10.7. The molecule has 4 nitrogen and oxygen atoms in total. The number of hydrogen-bond donors (Lipinski definition) is 1. The van der Waals surface area contributed by atoms with Gasteiger partial charge in [0.2, 0.25) is 0 Å². The second-order valence-electron chi connectivity index (χ2n) is 4.83. The van der Waals surface area contributed by atoms with Crippen molar-refractivity contribution >= 4 is 11.9 Å². The lowest BCUT2D eigenvalue weighted by atomic mass is 10.1. The first kappa shape index (κ1) is 15.6. The Kier molecular flexibility index (Phi) is 4.84. The maximum absolute atomic E-state index is 12.2. The molecule has 2 rings (SSSR count). The summed E-state index contributed by atoms with van der Waals surface area (Å²) in [6.45, 7) is 1.87. The number of methoxy groups -OCH3 is 2. The van der Waals surface area contributed by atoms with Gasteiger partial charge in [0, 0.05) is 11.6 Å². The number of carbonyl (C=O) groups is 1. The van der Waals surface area contributed by atoms with Gasteiger partial charge in [-0.1, -0.05) is 11.6 Å². The summed E-state index contributed by atoms with van der Waals surface area (Å²) in [5, 5.41) is 9.78. The molecule has 0 fully saturated rings. The molecule has 0 atom stereocenters. The van der Waals surface area contributed by atoms with E-state index in [1.165, 1.54) is 12.1 Å². The molecule has 114 valence electrons. The molecule has 2 aromatic carbocycles. The number of phenolic OH excluding ortho intramolecular Hbond substituents is 1. The first-order chi connectivity index (χ1) is 10.5. The van der Waals surface area contributed by atoms with Crippen LogP contribution in [0.2, 0.25) is 0 Å². The summed E-state index contributed by atoms with van der Waals surface area (Å²) in [5.41, 5.74) is 1.95. The second-order valence-corrected chi connectivity index (χ2v) is 4.83. The molecular formula is C18H18O4. The molecule has 0 aliphatic carbocycles. The zero-order valence-corrected chi connectivity index (χ0v) is 12.8. The zero-order chi connectivity index (χ0) is 16.1. The molecule has 2 aromatic rings. The highest BCUT2D eigenvalue weighted by Crippen LogP contribution is 2.26. The van der Waals surface area contributed by atoms with Crippen LogP contribution in [0.4, 0.5) is 0 Å². The number of ketones is 1. The minimum absolute atomic E-state index is 0.0260. The van der Waals surface area contributed by atoms with Gasteiger partial charge < -0.3 is 14.6 Å². The minimum atomic E-state index is -0.265. The van der Waals surface area contributed by atoms with Crippen LogP contribution in [0.1, 0.15) is 21.5 Å². The molecule has 1 N–H and O–H groups in total. The molecular weight excluding hydrogens is 280 g/mol. The molecule has 0 saturated carbocycles. The van der Waals surface area contributed by atoms with E-state index in [0.29, 0.717) is 11.5 Å². The summed E-state index contributed by atoms with van der Waals surface area (Å²) in [7, 11) is 3.13. The molecule has 0 aliphatic heterocycles. The maximum Gasteiger partial charge on any atom is 0.189 e. The molecule has 0 aromatic heterocycles. The summed E-state index contributed by atoms with van der Waals surface area (Å²) in [5.74, 6) is 0.995. The third-order valence-corrected chi connectivity index (χ3v) is 3.27. The van der Waals surface area contributed by atoms with Crippen LogP contribution in [-0.4, -0.2) is 25.1 Å². The number of rotatable bonds is 5. The highest BCUT2D eigenvalue weighted by atomic mass is 16.5. The fourth-order valence-corrected chi connectivity index (χ4v) is 2.06. The number of hydrogen-bond acceptors (Lipinski definition) is 4. The van der Waals surface area contributed by atoms with Crippen molar-refractivity contribution in [2.75, 3.05) is 14.2 Å². The Balaban J connectivity index is 2.28. The molecule has 0 unspecified atom stereocenters. The Morgan fingerprint density at radius 1 is 1.09 bits per heavy atom. The molecule has 0 amide bonds. The maximum atomic E-state index is 12.2. The van der Waals surface area contributed by atoms with Gasteiger partial charge in [-0.25, -0.2) is 0 Å². The smallest absolute Gasteiger partial charge is 0.189 e. The van der Waals surface area contributed by atoms with Gasteiger partial charge in [-0.2, -0.15) is 0 Å². The van der Waals surface area contributed by atoms with Gasteiger partial charge in [0.1, 0.15) is 17.2 Å². The van der Waals surface area contributed by atoms with Gasteiger partial charge in [-0.3, -0.25) is 4.79 Å². The lowest BCUT2D eigenvalue weighted by Gasteiger charge is -2.07. The average Bonchev–Trinajstić information content (AvgIpc) is 2.54. The highest BCUT2D eigenvalue weighted by molar-refractivity contribution is 6.08. The predicted molar refractivity (Wildman–Crippen MR) is 85.8 cm³/mol. The van der Waals surface area contributed by atoms with E-state index < -0.39 is 0 Å². The van der Waals surface area contributed by atoms with Crippen LogP contribution in [0.15, 0.2) is 42.5 Å². The van der Waals surface area contributed by atoms with Crippen LogP contribution < -0.4 is 9.47 Å². The van der Waals surface area contributed by atoms with Gasteiger partial charge in [0.05, 0.1) is 19.8 Å². The largest absolute Gasteiger partial charge is 0.507 e. The molecule has 0 saturated heterocycles. The SMILES string of the molecule is COc1ccc(C=CC(=O)c2cc(C)ccc2O)c(OC)c1. The quantitative estimate of drug-likeness (QED) is 0.676. The van der Waals surface area contributed by atoms with Crippen LogP contribution in [0.25, 0.3) is 6.08 Å². The van der Waals surface area contributed by atoms with Gasteiger partial charge in [0.15, 0.2) is 5.78 Å². The van der Waals surface area contributed by atoms with Crippen LogP contribution in [0, 0.1) is 6.92 Å². The standard InChI is InChI=1S/C18H18O4/c1-12-4-8-16(19)15(10-12)17(20)9-6-13-5-7-14(21-2)11-18(13)22-3/h4-11,19H,1-3H3. The van der Waals surface area contributed by atoms with Crippen LogP contribution in [0.5, 0.6) is 17.2 Å². The van der Waals surface area contributed by atoms with Gasteiger partial charge in [-0.15, -0.1) is 0 Å². The predicted octanol–water partition coefficient (Wildman–Crippen LogP) is 3.61.